The summed E-state index contributed by atoms with van der Waals surface area (Å²) in [6.07, 6.45) is -0.500. The summed E-state index contributed by atoms with van der Waals surface area (Å²) in [6, 6.07) is 16.1. The van der Waals surface area contributed by atoms with Gasteiger partial charge >= 0.3 is 0 Å². The van der Waals surface area contributed by atoms with Crippen molar-refractivity contribution in [3.05, 3.63) is 59.1 Å². The molecule has 1 unspecified atom stereocenters. The zero-order chi connectivity index (χ0) is 20.1. The van der Waals surface area contributed by atoms with Gasteiger partial charge in [0.15, 0.2) is 0 Å². The van der Waals surface area contributed by atoms with Gasteiger partial charge in [0.2, 0.25) is 0 Å². The fourth-order valence-electron chi connectivity index (χ4n) is 3.46. The molecule has 2 aromatic carbocycles. The number of rotatable bonds is 6. The van der Waals surface area contributed by atoms with Crippen molar-refractivity contribution in [2.75, 3.05) is 44.2 Å². The number of anilines is 1. The highest BCUT2D eigenvalue weighted by molar-refractivity contribution is 6.30. The van der Waals surface area contributed by atoms with Crippen LogP contribution in [-0.2, 0) is 5.41 Å². The minimum absolute atomic E-state index is 0. The zero-order valence-corrected chi connectivity index (χ0v) is 20.3. The molecule has 30 heavy (non-hydrogen) atoms. The minimum Gasteiger partial charge on any atom is -0.491 e. The maximum absolute atomic E-state index is 10.4. The van der Waals surface area contributed by atoms with Crippen LogP contribution in [0, 0.1) is 0 Å². The van der Waals surface area contributed by atoms with Gasteiger partial charge in [-0.05, 0) is 41.3 Å². The summed E-state index contributed by atoms with van der Waals surface area (Å²) >= 11 is 6.09. The molecule has 1 aliphatic heterocycles. The number of ether oxygens (including phenoxy) is 1. The number of halogens is 3. The number of aliphatic hydroxyl groups is 1. The molecule has 0 spiro atoms. The first-order valence-electron chi connectivity index (χ1n) is 9.95. The van der Waals surface area contributed by atoms with Gasteiger partial charge in [-0.15, -0.1) is 24.8 Å². The highest BCUT2D eigenvalue weighted by Gasteiger charge is 2.20. The van der Waals surface area contributed by atoms with E-state index in [1.165, 1.54) is 5.56 Å². The first-order chi connectivity index (χ1) is 13.3. The van der Waals surface area contributed by atoms with Crippen LogP contribution in [0.4, 0.5) is 5.69 Å². The maximum atomic E-state index is 10.4. The molecular weight excluding hydrogens is 443 g/mol. The van der Waals surface area contributed by atoms with Crippen LogP contribution in [0.1, 0.15) is 26.3 Å². The molecule has 4 nitrogen and oxygen atoms in total. The second kappa shape index (κ2) is 12.0. The number of β-amino-alcohol motifs (C(OH)–C–C–N with tert-alkyl or cyclic N) is 1. The van der Waals surface area contributed by atoms with Crippen LogP contribution in [0.25, 0.3) is 0 Å². The van der Waals surface area contributed by atoms with Gasteiger partial charge in [0, 0.05) is 43.4 Å². The molecule has 0 aromatic heterocycles. The SMILES string of the molecule is CC(C)(C)c1ccc(OCC(O)CN2CCN(c3cccc(Cl)c3)CC2)cc1.Cl.Cl. The fraction of sp³-hybridized carbons (Fsp3) is 0.478. The molecule has 0 aliphatic carbocycles. The van der Waals surface area contributed by atoms with Crippen LogP contribution < -0.4 is 9.64 Å². The van der Waals surface area contributed by atoms with E-state index in [1.807, 2.05) is 30.3 Å². The van der Waals surface area contributed by atoms with E-state index in [1.54, 1.807) is 0 Å². The summed E-state index contributed by atoms with van der Waals surface area (Å²) in [5.74, 6) is 0.804. The standard InChI is InChI=1S/C23H31ClN2O2.2ClH/c1-23(2,3)18-7-9-22(10-8-18)28-17-21(27)16-25-11-13-26(14-12-25)20-6-4-5-19(24)15-20;;/h4-10,15,21,27H,11-14,16-17H2,1-3H3;2*1H. The van der Waals surface area contributed by atoms with E-state index in [9.17, 15) is 5.11 Å². The Morgan fingerprint density at radius 1 is 1.00 bits per heavy atom. The summed E-state index contributed by atoms with van der Waals surface area (Å²) in [5, 5.41) is 11.1. The number of hydrogen-bond donors (Lipinski definition) is 1. The van der Waals surface area contributed by atoms with Crippen molar-refractivity contribution in [1.29, 1.82) is 0 Å². The predicted octanol–water partition coefficient (Wildman–Crippen LogP) is 5.04. The van der Waals surface area contributed by atoms with E-state index in [0.717, 1.165) is 42.6 Å². The molecule has 7 heteroatoms. The van der Waals surface area contributed by atoms with Crippen molar-refractivity contribution in [3.8, 4) is 5.75 Å². The van der Waals surface area contributed by atoms with Crippen molar-refractivity contribution < 1.29 is 9.84 Å². The average molecular weight is 476 g/mol. The molecule has 0 radical (unpaired) electrons. The summed E-state index contributed by atoms with van der Waals surface area (Å²) in [5.41, 5.74) is 2.57. The Bertz CT molecular complexity index is 758. The third-order valence-electron chi connectivity index (χ3n) is 5.18. The summed E-state index contributed by atoms with van der Waals surface area (Å²) in [6.45, 7) is 11.2. The molecule has 0 bridgehead atoms. The molecular formula is C23H33Cl3N2O2. The van der Waals surface area contributed by atoms with E-state index >= 15 is 0 Å². The van der Waals surface area contributed by atoms with E-state index in [2.05, 4.69) is 48.8 Å². The van der Waals surface area contributed by atoms with Gasteiger partial charge in [-0.1, -0.05) is 50.6 Å². The summed E-state index contributed by atoms with van der Waals surface area (Å²) < 4.78 is 5.78. The van der Waals surface area contributed by atoms with Crippen molar-refractivity contribution in [3.63, 3.8) is 0 Å². The van der Waals surface area contributed by atoms with E-state index < -0.39 is 6.10 Å². The second-order valence-corrected chi connectivity index (χ2v) is 8.94. The molecule has 0 saturated carbocycles. The van der Waals surface area contributed by atoms with Crippen LogP contribution in [0.3, 0.4) is 0 Å². The van der Waals surface area contributed by atoms with Crippen LogP contribution >= 0.6 is 36.4 Å². The molecule has 1 heterocycles. The van der Waals surface area contributed by atoms with Gasteiger partial charge in [-0.25, -0.2) is 0 Å². The van der Waals surface area contributed by atoms with Gasteiger partial charge < -0.3 is 14.7 Å². The van der Waals surface area contributed by atoms with Crippen molar-refractivity contribution in [1.82, 2.24) is 4.90 Å². The van der Waals surface area contributed by atoms with Gasteiger partial charge in [0.1, 0.15) is 18.5 Å². The first-order valence-corrected chi connectivity index (χ1v) is 10.3. The normalized spacial score (nSPS) is 15.7. The van der Waals surface area contributed by atoms with E-state index in [0.29, 0.717) is 13.2 Å². The fourth-order valence-corrected chi connectivity index (χ4v) is 3.64. The van der Waals surface area contributed by atoms with Gasteiger partial charge in [-0.3, -0.25) is 4.90 Å². The molecule has 168 valence electrons. The van der Waals surface area contributed by atoms with Gasteiger partial charge in [0.05, 0.1) is 0 Å². The first kappa shape index (κ1) is 26.9. The number of aliphatic hydroxyl groups excluding tert-OH is 1. The molecule has 1 aliphatic rings. The summed E-state index contributed by atoms with van der Waals surface area (Å²) in [4.78, 5) is 4.62. The van der Waals surface area contributed by atoms with Crippen LogP contribution in [0.2, 0.25) is 5.02 Å². The molecule has 1 N–H and O–H groups in total. The van der Waals surface area contributed by atoms with Gasteiger partial charge in [0.25, 0.3) is 0 Å². The average Bonchev–Trinajstić information content (AvgIpc) is 2.67. The monoisotopic (exact) mass is 474 g/mol. The highest BCUT2D eigenvalue weighted by Crippen LogP contribution is 2.24. The lowest BCUT2D eigenvalue weighted by molar-refractivity contribution is 0.0663. The zero-order valence-electron chi connectivity index (χ0n) is 17.9. The summed E-state index contributed by atoms with van der Waals surface area (Å²) in [7, 11) is 0. The van der Waals surface area contributed by atoms with Crippen LogP contribution in [0.5, 0.6) is 5.75 Å². The number of nitrogens with zero attached hydrogens (tertiary/aromatic N) is 2. The topological polar surface area (TPSA) is 35.9 Å². The quantitative estimate of drug-likeness (QED) is 0.635. The smallest absolute Gasteiger partial charge is 0.119 e. The lowest BCUT2D eigenvalue weighted by Crippen LogP contribution is -2.49. The molecule has 2 aromatic rings. The van der Waals surface area contributed by atoms with Gasteiger partial charge in [-0.2, -0.15) is 0 Å². The largest absolute Gasteiger partial charge is 0.491 e. The maximum Gasteiger partial charge on any atom is 0.119 e. The van der Waals surface area contributed by atoms with E-state index in [-0.39, 0.29) is 30.2 Å². The Morgan fingerprint density at radius 3 is 2.20 bits per heavy atom. The third-order valence-corrected chi connectivity index (χ3v) is 5.41. The number of piperazine rings is 1. The molecule has 1 saturated heterocycles. The van der Waals surface area contributed by atoms with Crippen molar-refractivity contribution >= 4 is 42.1 Å². The Morgan fingerprint density at radius 2 is 1.63 bits per heavy atom. The Kier molecular flexibility index (Phi) is 10.8. The van der Waals surface area contributed by atoms with Crippen LogP contribution in [0.15, 0.2) is 48.5 Å². The lowest BCUT2D eigenvalue weighted by atomic mass is 9.87. The predicted molar refractivity (Wildman–Crippen MR) is 131 cm³/mol. The Balaban J connectivity index is 0.00000225. The second-order valence-electron chi connectivity index (χ2n) is 8.51. The number of hydrogen-bond acceptors (Lipinski definition) is 4. The Labute approximate surface area is 198 Å². The van der Waals surface area contributed by atoms with Crippen molar-refractivity contribution in [2.45, 2.75) is 32.3 Å². The molecule has 1 fully saturated rings. The third kappa shape index (κ3) is 7.82. The molecule has 0 amide bonds. The lowest BCUT2D eigenvalue weighted by Gasteiger charge is -2.36. The van der Waals surface area contributed by atoms with Crippen molar-refractivity contribution in [2.24, 2.45) is 0 Å². The molecule has 1 atom stereocenters. The van der Waals surface area contributed by atoms with E-state index in [4.69, 9.17) is 16.3 Å². The number of benzene rings is 2. The molecule has 3 rings (SSSR count). The Hall–Kier alpha value is -1.17. The van der Waals surface area contributed by atoms with Crippen LogP contribution in [-0.4, -0.2) is 55.4 Å². The highest BCUT2D eigenvalue weighted by atomic mass is 35.5. The minimum atomic E-state index is -0.500.